The first-order valence-corrected chi connectivity index (χ1v) is 6.30. The zero-order valence-corrected chi connectivity index (χ0v) is 11.8. The Morgan fingerprint density at radius 1 is 1.53 bits per heavy atom. The number of aromatic nitrogens is 2. The SMILES string of the molecule is CCC(C)(CNC)CN(C)Cc1nccn1C. The van der Waals surface area contributed by atoms with Crippen molar-refractivity contribution in [1.29, 1.82) is 0 Å². The Bertz CT molecular complexity index is 334. The van der Waals surface area contributed by atoms with E-state index in [4.69, 9.17) is 0 Å². The molecule has 0 aliphatic carbocycles. The lowest BCUT2D eigenvalue weighted by Gasteiger charge is -2.32. The summed E-state index contributed by atoms with van der Waals surface area (Å²) in [5.41, 5.74) is 0.328. The Labute approximate surface area is 105 Å². The molecule has 0 aliphatic rings. The van der Waals surface area contributed by atoms with Crippen molar-refractivity contribution in [2.75, 3.05) is 27.2 Å². The van der Waals surface area contributed by atoms with Gasteiger partial charge in [-0.15, -0.1) is 0 Å². The van der Waals surface area contributed by atoms with Crippen molar-refractivity contribution in [1.82, 2.24) is 19.8 Å². The van der Waals surface area contributed by atoms with Crippen molar-refractivity contribution in [2.24, 2.45) is 12.5 Å². The molecule has 1 unspecified atom stereocenters. The standard InChI is InChI=1S/C13H26N4/c1-6-13(2,10-14-3)11-16(4)9-12-15-7-8-17(12)5/h7-8,14H,6,9-11H2,1-5H3. The maximum atomic E-state index is 4.36. The highest BCUT2D eigenvalue weighted by Crippen LogP contribution is 2.21. The molecule has 0 aromatic carbocycles. The van der Waals surface area contributed by atoms with Gasteiger partial charge in [0.25, 0.3) is 0 Å². The Hall–Kier alpha value is -0.870. The molecule has 0 saturated heterocycles. The van der Waals surface area contributed by atoms with E-state index in [1.165, 1.54) is 6.42 Å². The first-order valence-electron chi connectivity index (χ1n) is 6.30. The smallest absolute Gasteiger partial charge is 0.122 e. The molecule has 1 aromatic rings. The minimum atomic E-state index is 0.328. The summed E-state index contributed by atoms with van der Waals surface area (Å²) in [6, 6.07) is 0. The van der Waals surface area contributed by atoms with E-state index in [0.717, 1.165) is 25.5 Å². The zero-order valence-electron chi connectivity index (χ0n) is 11.8. The summed E-state index contributed by atoms with van der Waals surface area (Å²) >= 11 is 0. The molecule has 98 valence electrons. The molecule has 0 saturated carbocycles. The zero-order chi connectivity index (χ0) is 12.9. The Morgan fingerprint density at radius 2 is 2.24 bits per heavy atom. The van der Waals surface area contributed by atoms with Gasteiger partial charge >= 0.3 is 0 Å². The predicted octanol–water partition coefficient (Wildman–Crippen LogP) is 1.49. The number of nitrogens with zero attached hydrogens (tertiary/aromatic N) is 3. The molecule has 0 aliphatic heterocycles. The van der Waals surface area contributed by atoms with Crippen LogP contribution in [0.2, 0.25) is 0 Å². The summed E-state index contributed by atoms with van der Waals surface area (Å²) in [6.07, 6.45) is 5.03. The van der Waals surface area contributed by atoms with E-state index in [1.54, 1.807) is 0 Å². The van der Waals surface area contributed by atoms with Crippen LogP contribution >= 0.6 is 0 Å². The molecule has 4 heteroatoms. The number of rotatable bonds is 7. The molecule has 1 heterocycles. The Morgan fingerprint density at radius 3 is 2.71 bits per heavy atom. The van der Waals surface area contributed by atoms with Gasteiger partial charge in [0.15, 0.2) is 0 Å². The van der Waals surface area contributed by atoms with Crippen LogP contribution in [0.25, 0.3) is 0 Å². The molecule has 17 heavy (non-hydrogen) atoms. The topological polar surface area (TPSA) is 33.1 Å². The van der Waals surface area contributed by atoms with Crippen molar-refractivity contribution in [3.63, 3.8) is 0 Å². The fourth-order valence-corrected chi connectivity index (χ4v) is 2.22. The average molecular weight is 238 g/mol. The third-order valence-electron chi connectivity index (χ3n) is 3.44. The highest BCUT2D eigenvalue weighted by atomic mass is 15.2. The normalized spacial score (nSPS) is 15.2. The molecule has 1 N–H and O–H groups in total. The maximum Gasteiger partial charge on any atom is 0.122 e. The first kappa shape index (κ1) is 14.2. The van der Waals surface area contributed by atoms with E-state index in [-0.39, 0.29) is 0 Å². The van der Waals surface area contributed by atoms with Crippen molar-refractivity contribution in [3.05, 3.63) is 18.2 Å². The molecule has 1 atom stereocenters. The van der Waals surface area contributed by atoms with Crippen molar-refractivity contribution >= 4 is 0 Å². The molecule has 1 rings (SSSR count). The van der Waals surface area contributed by atoms with E-state index < -0.39 is 0 Å². The van der Waals surface area contributed by atoms with Gasteiger partial charge in [-0.25, -0.2) is 4.98 Å². The van der Waals surface area contributed by atoms with Crippen molar-refractivity contribution in [3.8, 4) is 0 Å². The van der Waals surface area contributed by atoms with E-state index in [2.05, 4.69) is 40.7 Å². The number of aryl methyl sites for hydroxylation is 1. The van der Waals surface area contributed by atoms with Gasteiger partial charge in [-0.3, -0.25) is 4.90 Å². The summed E-state index contributed by atoms with van der Waals surface area (Å²) in [4.78, 5) is 6.71. The predicted molar refractivity (Wildman–Crippen MR) is 71.9 cm³/mol. The molecule has 0 bridgehead atoms. The molecule has 0 spiro atoms. The highest BCUT2D eigenvalue weighted by Gasteiger charge is 2.23. The van der Waals surface area contributed by atoms with Gasteiger partial charge in [0, 0.05) is 32.5 Å². The molecular weight excluding hydrogens is 212 g/mol. The van der Waals surface area contributed by atoms with Gasteiger partial charge in [-0.1, -0.05) is 13.8 Å². The highest BCUT2D eigenvalue weighted by molar-refractivity contribution is 4.91. The van der Waals surface area contributed by atoms with Crippen LogP contribution in [0.5, 0.6) is 0 Å². The molecule has 0 radical (unpaired) electrons. The Balaban J connectivity index is 2.53. The van der Waals surface area contributed by atoms with Gasteiger partial charge in [0.1, 0.15) is 5.82 Å². The van der Waals surface area contributed by atoms with Gasteiger partial charge in [0.05, 0.1) is 6.54 Å². The van der Waals surface area contributed by atoms with Crippen molar-refractivity contribution in [2.45, 2.75) is 26.8 Å². The average Bonchev–Trinajstić information content (AvgIpc) is 2.64. The Kier molecular flexibility index (Phi) is 5.15. The van der Waals surface area contributed by atoms with Crippen LogP contribution in [-0.2, 0) is 13.6 Å². The van der Waals surface area contributed by atoms with E-state index >= 15 is 0 Å². The van der Waals surface area contributed by atoms with E-state index in [0.29, 0.717) is 5.41 Å². The molecule has 1 aromatic heterocycles. The second-order valence-corrected chi connectivity index (χ2v) is 5.32. The summed E-state index contributed by atoms with van der Waals surface area (Å²) < 4.78 is 2.08. The fourth-order valence-electron chi connectivity index (χ4n) is 2.22. The van der Waals surface area contributed by atoms with Crippen LogP contribution in [0.15, 0.2) is 12.4 Å². The summed E-state index contributed by atoms with van der Waals surface area (Å²) in [6.45, 7) is 7.62. The van der Waals surface area contributed by atoms with Crippen LogP contribution in [0, 0.1) is 5.41 Å². The number of nitrogens with one attached hydrogen (secondary N) is 1. The van der Waals surface area contributed by atoms with Crippen LogP contribution in [0.3, 0.4) is 0 Å². The van der Waals surface area contributed by atoms with Gasteiger partial charge < -0.3 is 9.88 Å². The van der Waals surface area contributed by atoms with Crippen LogP contribution in [0.4, 0.5) is 0 Å². The first-order chi connectivity index (χ1) is 8.00. The lowest BCUT2D eigenvalue weighted by molar-refractivity contribution is 0.174. The van der Waals surface area contributed by atoms with Crippen LogP contribution < -0.4 is 5.32 Å². The minimum Gasteiger partial charge on any atom is -0.337 e. The van der Waals surface area contributed by atoms with E-state index in [9.17, 15) is 0 Å². The second-order valence-electron chi connectivity index (χ2n) is 5.32. The lowest BCUT2D eigenvalue weighted by Crippen LogP contribution is -2.39. The van der Waals surface area contributed by atoms with Gasteiger partial charge in [-0.2, -0.15) is 0 Å². The summed E-state index contributed by atoms with van der Waals surface area (Å²) in [7, 11) is 6.23. The largest absolute Gasteiger partial charge is 0.337 e. The van der Waals surface area contributed by atoms with Crippen LogP contribution in [-0.4, -0.2) is 41.6 Å². The third kappa shape index (κ3) is 4.13. The van der Waals surface area contributed by atoms with Crippen LogP contribution in [0.1, 0.15) is 26.1 Å². The summed E-state index contributed by atoms with van der Waals surface area (Å²) in [5, 5.41) is 3.29. The number of imidazole rings is 1. The third-order valence-corrected chi connectivity index (χ3v) is 3.44. The molecule has 4 nitrogen and oxygen atoms in total. The molecule has 0 fully saturated rings. The monoisotopic (exact) mass is 238 g/mol. The quantitative estimate of drug-likeness (QED) is 0.781. The van der Waals surface area contributed by atoms with E-state index in [1.807, 2.05) is 26.5 Å². The fraction of sp³-hybridized carbons (Fsp3) is 0.769. The number of hydrogen-bond donors (Lipinski definition) is 1. The summed E-state index contributed by atoms with van der Waals surface area (Å²) in [5.74, 6) is 1.12. The lowest BCUT2D eigenvalue weighted by atomic mass is 9.87. The molecular formula is C13H26N4. The minimum absolute atomic E-state index is 0.328. The van der Waals surface area contributed by atoms with Gasteiger partial charge in [-0.05, 0) is 25.9 Å². The van der Waals surface area contributed by atoms with Gasteiger partial charge in [0.2, 0.25) is 0 Å². The van der Waals surface area contributed by atoms with Crippen molar-refractivity contribution < 1.29 is 0 Å². The second kappa shape index (κ2) is 6.17. The molecule has 0 amide bonds. The maximum absolute atomic E-state index is 4.36. The number of hydrogen-bond acceptors (Lipinski definition) is 3.